The third kappa shape index (κ3) is 8.02. The number of allylic oxidation sites excluding steroid dienone is 7. The van der Waals surface area contributed by atoms with Gasteiger partial charge in [0.15, 0.2) is 0 Å². The molecule has 0 heterocycles. The molecule has 2 nitrogen and oxygen atoms in total. The number of unbranched alkanes of at least 4 members (excludes halogenated alkanes) is 3. The zero-order valence-electron chi connectivity index (χ0n) is 13.8. The Kier molecular flexibility index (Phi) is 9.29. The standard InChI is InChI=1S/C20H30O2/c1-2-3-4-5-6-7-8-9-10-11-12-13-14-15-16-20(17-18-20)19(21)22/h6-7,9-10,12-13,15-16H,2-5,8,11,14,17-18H2,1H3,(H,21,22). The quantitative estimate of drug-likeness (QED) is 0.364. The van der Waals surface area contributed by atoms with E-state index in [9.17, 15) is 4.79 Å². The normalized spacial score (nSPS) is 17.3. The molecule has 0 saturated heterocycles. The summed E-state index contributed by atoms with van der Waals surface area (Å²) in [5.41, 5.74) is -0.531. The Morgan fingerprint density at radius 2 is 1.45 bits per heavy atom. The smallest absolute Gasteiger partial charge is 0.313 e. The lowest BCUT2D eigenvalue weighted by atomic mass is 10.1. The average molecular weight is 302 g/mol. The molecular formula is C20H30O2. The van der Waals surface area contributed by atoms with E-state index in [1.807, 2.05) is 12.2 Å². The number of carboxylic acid groups (broad SMARTS) is 1. The molecule has 0 spiro atoms. The summed E-state index contributed by atoms with van der Waals surface area (Å²) in [6.45, 7) is 2.23. The molecule has 2 heteroatoms. The number of carboxylic acids is 1. The van der Waals surface area contributed by atoms with Gasteiger partial charge in [-0.2, -0.15) is 0 Å². The molecule has 1 saturated carbocycles. The predicted molar refractivity (Wildman–Crippen MR) is 93.9 cm³/mol. The summed E-state index contributed by atoms with van der Waals surface area (Å²) >= 11 is 0. The lowest BCUT2D eigenvalue weighted by Gasteiger charge is -1.99. The van der Waals surface area contributed by atoms with E-state index >= 15 is 0 Å². The van der Waals surface area contributed by atoms with Gasteiger partial charge in [0, 0.05) is 0 Å². The first-order chi connectivity index (χ1) is 10.7. The molecular weight excluding hydrogens is 272 g/mol. The number of carbonyl (C=O) groups is 1. The third-order valence-electron chi connectivity index (χ3n) is 3.94. The van der Waals surface area contributed by atoms with Gasteiger partial charge in [0.2, 0.25) is 0 Å². The Balaban J connectivity index is 2.01. The number of hydrogen-bond acceptors (Lipinski definition) is 1. The van der Waals surface area contributed by atoms with Crippen LogP contribution in [0.3, 0.4) is 0 Å². The fourth-order valence-electron chi connectivity index (χ4n) is 2.23. The van der Waals surface area contributed by atoms with Crippen LogP contribution in [0.5, 0.6) is 0 Å². The van der Waals surface area contributed by atoms with Gasteiger partial charge >= 0.3 is 5.97 Å². The molecule has 1 aliphatic rings. The van der Waals surface area contributed by atoms with Crippen molar-refractivity contribution in [3.63, 3.8) is 0 Å². The number of aliphatic carboxylic acids is 1. The van der Waals surface area contributed by atoms with E-state index in [0.717, 1.165) is 32.1 Å². The molecule has 0 aliphatic heterocycles. The minimum absolute atomic E-state index is 0.531. The zero-order valence-corrected chi connectivity index (χ0v) is 13.8. The van der Waals surface area contributed by atoms with Crippen molar-refractivity contribution in [3.05, 3.63) is 48.6 Å². The maximum atomic E-state index is 11.0. The maximum Gasteiger partial charge on any atom is 0.313 e. The largest absolute Gasteiger partial charge is 0.481 e. The summed E-state index contributed by atoms with van der Waals surface area (Å²) in [6, 6.07) is 0. The zero-order chi connectivity index (χ0) is 16.1. The van der Waals surface area contributed by atoms with Gasteiger partial charge in [-0.05, 0) is 44.9 Å². The first-order valence-corrected chi connectivity index (χ1v) is 8.57. The van der Waals surface area contributed by atoms with Gasteiger partial charge < -0.3 is 5.11 Å². The van der Waals surface area contributed by atoms with E-state index in [0.29, 0.717) is 0 Å². The van der Waals surface area contributed by atoms with Gasteiger partial charge in [0.25, 0.3) is 0 Å². The summed E-state index contributed by atoms with van der Waals surface area (Å²) in [5, 5.41) is 9.02. The summed E-state index contributed by atoms with van der Waals surface area (Å²) in [6.07, 6.45) is 26.4. The first-order valence-electron chi connectivity index (χ1n) is 8.57. The lowest BCUT2D eigenvalue weighted by Crippen LogP contribution is -2.10. The van der Waals surface area contributed by atoms with Crippen molar-refractivity contribution in [2.45, 2.75) is 64.7 Å². The van der Waals surface area contributed by atoms with Gasteiger partial charge in [-0.15, -0.1) is 0 Å². The number of hydrogen-bond donors (Lipinski definition) is 1. The van der Waals surface area contributed by atoms with E-state index in [-0.39, 0.29) is 0 Å². The van der Waals surface area contributed by atoms with Crippen LogP contribution in [0.25, 0.3) is 0 Å². The van der Waals surface area contributed by atoms with E-state index in [2.05, 4.69) is 43.4 Å². The Morgan fingerprint density at radius 3 is 1.95 bits per heavy atom. The first kappa shape index (κ1) is 18.5. The SMILES string of the molecule is CCCCCC=CCC=CCC=CCC=CC1(C(=O)O)CC1. The summed E-state index contributed by atoms with van der Waals surface area (Å²) in [4.78, 5) is 11.0. The highest BCUT2D eigenvalue weighted by Gasteiger charge is 2.47. The van der Waals surface area contributed by atoms with Crippen molar-refractivity contribution >= 4 is 5.97 Å². The minimum Gasteiger partial charge on any atom is -0.481 e. The van der Waals surface area contributed by atoms with Crippen LogP contribution in [0.15, 0.2) is 48.6 Å². The molecule has 0 aromatic rings. The van der Waals surface area contributed by atoms with Crippen LogP contribution in [-0.2, 0) is 4.79 Å². The molecule has 0 atom stereocenters. The van der Waals surface area contributed by atoms with Crippen LogP contribution in [-0.4, -0.2) is 11.1 Å². The van der Waals surface area contributed by atoms with Crippen LogP contribution < -0.4 is 0 Å². The van der Waals surface area contributed by atoms with Crippen molar-refractivity contribution < 1.29 is 9.90 Å². The molecule has 0 unspecified atom stereocenters. The van der Waals surface area contributed by atoms with Gasteiger partial charge in [0.05, 0.1) is 5.41 Å². The Hall–Kier alpha value is -1.57. The van der Waals surface area contributed by atoms with Crippen LogP contribution in [0.1, 0.15) is 64.7 Å². The van der Waals surface area contributed by atoms with Gasteiger partial charge in [-0.3, -0.25) is 4.79 Å². The van der Waals surface area contributed by atoms with Crippen LogP contribution in [0.4, 0.5) is 0 Å². The molecule has 0 radical (unpaired) electrons. The van der Waals surface area contributed by atoms with E-state index in [1.54, 1.807) is 0 Å². The van der Waals surface area contributed by atoms with Crippen LogP contribution in [0, 0.1) is 5.41 Å². The van der Waals surface area contributed by atoms with Crippen molar-refractivity contribution in [3.8, 4) is 0 Å². The molecule has 1 rings (SSSR count). The summed E-state index contributed by atoms with van der Waals surface area (Å²) in [7, 11) is 0. The monoisotopic (exact) mass is 302 g/mol. The highest BCUT2D eigenvalue weighted by molar-refractivity contribution is 5.80. The fourth-order valence-corrected chi connectivity index (χ4v) is 2.23. The van der Waals surface area contributed by atoms with Crippen molar-refractivity contribution in [1.29, 1.82) is 0 Å². The van der Waals surface area contributed by atoms with Gasteiger partial charge in [0.1, 0.15) is 0 Å². The fraction of sp³-hybridized carbons (Fsp3) is 0.550. The topological polar surface area (TPSA) is 37.3 Å². The molecule has 0 aromatic carbocycles. The highest BCUT2D eigenvalue weighted by Crippen LogP contribution is 2.47. The van der Waals surface area contributed by atoms with Crippen LogP contribution in [0.2, 0.25) is 0 Å². The Morgan fingerprint density at radius 1 is 0.909 bits per heavy atom. The second-order valence-electron chi connectivity index (χ2n) is 5.98. The van der Waals surface area contributed by atoms with Crippen molar-refractivity contribution in [2.75, 3.05) is 0 Å². The molecule has 0 bridgehead atoms. The lowest BCUT2D eigenvalue weighted by molar-refractivity contribution is -0.141. The van der Waals surface area contributed by atoms with Crippen LogP contribution >= 0.6 is 0 Å². The number of rotatable bonds is 12. The van der Waals surface area contributed by atoms with E-state index in [1.165, 1.54) is 25.7 Å². The second kappa shape index (κ2) is 11.1. The highest BCUT2D eigenvalue weighted by atomic mass is 16.4. The van der Waals surface area contributed by atoms with Crippen molar-refractivity contribution in [1.82, 2.24) is 0 Å². The molecule has 0 amide bonds. The van der Waals surface area contributed by atoms with Crippen molar-refractivity contribution in [2.24, 2.45) is 5.41 Å². The molecule has 1 N–H and O–H groups in total. The molecule has 1 aliphatic carbocycles. The maximum absolute atomic E-state index is 11.0. The van der Waals surface area contributed by atoms with E-state index < -0.39 is 11.4 Å². The molecule has 22 heavy (non-hydrogen) atoms. The van der Waals surface area contributed by atoms with Gasteiger partial charge in [-0.25, -0.2) is 0 Å². The summed E-state index contributed by atoms with van der Waals surface area (Å²) < 4.78 is 0. The third-order valence-corrected chi connectivity index (χ3v) is 3.94. The average Bonchev–Trinajstić information content (AvgIpc) is 3.29. The van der Waals surface area contributed by atoms with Gasteiger partial charge in [-0.1, -0.05) is 68.4 Å². The molecule has 1 fully saturated rings. The van der Waals surface area contributed by atoms with E-state index in [4.69, 9.17) is 5.11 Å². The summed E-state index contributed by atoms with van der Waals surface area (Å²) in [5.74, 6) is -0.682. The minimum atomic E-state index is -0.682. The Bertz CT molecular complexity index is 423. The molecule has 0 aromatic heterocycles. The predicted octanol–water partition coefficient (Wildman–Crippen LogP) is 5.83. The second-order valence-corrected chi connectivity index (χ2v) is 5.98. The Labute approximate surface area is 135 Å². The molecule has 122 valence electrons.